The number of pyridine rings is 1. The van der Waals surface area contributed by atoms with Gasteiger partial charge in [-0.25, -0.2) is 0 Å². The van der Waals surface area contributed by atoms with Gasteiger partial charge in [0.05, 0.1) is 18.2 Å². The third-order valence-corrected chi connectivity index (χ3v) is 6.24. The number of ketones is 1. The van der Waals surface area contributed by atoms with Crippen LogP contribution in [0.2, 0.25) is 5.02 Å². The number of aromatic nitrogens is 1. The van der Waals surface area contributed by atoms with Crippen LogP contribution in [0.3, 0.4) is 0 Å². The Morgan fingerprint density at radius 3 is 2.42 bits per heavy atom. The van der Waals surface area contributed by atoms with Crippen molar-refractivity contribution in [2.24, 2.45) is 0 Å². The van der Waals surface area contributed by atoms with Crippen LogP contribution in [0.15, 0.2) is 95.9 Å². The van der Waals surface area contributed by atoms with Gasteiger partial charge in [-0.05, 0) is 53.2 Å². The first-order valence-electron chi connectivity index (χ1n) is 11.2. The molecule has 0 unspecified atom stereocenters. The monoisotopic (exact) mass is 496 g/mol. The zero-order chi connectivity index (χ0) is 25.2. The van der Waals surface area contributed by atoms with Crippen molar-refractivity contribution in [3.8, 4) is 5.75 Å². The summed E-state index contributed by atoms with van der Waals surface area (Å²) in [6, 6.07) is 24.7. The molecule has 0 aliphatic carbocycles. The molecule has 6 nitrogen and oxygen atoms in total. The second-order valence-corrected chi connectivity index (χ2v) is 8.77. The van der Waals surface area contributed by atoms with Crippen molar-refractivity contribution in [1.29, 1.82) is 0 Å². The number of carbonyl (C=O) groups is 2. The summed E-state index contributed by atoms with van der Waals surface area (Å²) in [5.74, 6) is -0.202. The van der Waals surface area contributed by atoms with E-state index in [1.807, 2.05) is 30.3 Å². The minimum atomic E-state index is -0.407. The molecule has 0 saturated heterocycles. The number of ether oxygens (including phenoxy) is 1. The fourth-order valence-corrected chi connectivity index (χ4v) is 4.29. The Balaban J connectivity index is 1.57. The standard InChI is InChI=1S/C29H21ClN2O4/c1-36-23-12-13-24-26(15-23)32(17-27(33)31-22-10-8-21(30)9-11-22)16-25(29(24)35)28(34)20-7-6-18-4-2-3-5-19(18)14-20/h2-16H,17H2,1H3,(H,31,33). The van der Waals surface area contributed by atoms with Gasteiger partial charge in [-0.1, -0.05) is 48.0 Å². The number of hydrogen-bond donors (Lipinski definition) is 1. The first-order chi connectivity index (χ1) is 17.4. The lowest BCUT2D eigenvalue weighted by Gasteiger charge is -2.14. The largest absolute Gasteiger partial charge is 0.497 e. The molecule has 178 valence electrons. The number of nitrogens with one attached hydrogen (secondary N) is 1. The number of anilines is 1. The Labute approximate surface area is 211 Å². The van der Waals surface area contributed by atoms with E-state index in [0.717, 1.165) is 10.8 Å². The maximum Gasteiger partial charge on any atom is 0.244 e. The normalized spacial score (nSPS) is 10.9. The van der Waals surface area contributed by atoms with Gasteiger partial charge in [-0.15, -0.1) is 0 Å². The molecule has 5 aromatic rings. The molecule has 1 heterocycles. The van der Waals surface area contributed by atoms with Gasteiger partial charge in [0.25, 0.3) is 0 Å². The zero-order valence-corrected chi connectivity index (χ0v) is 20.1. The Morgan fingerprint density at radius 2 is 1.67 bits per heavy atom. The van der Waals surface area contributed by atoms with E-state index in [0.29, 0.717) is 32.9 Å². The second kappa shape index (κ2) is 9.68. The Kier molecular flexibility index (Phi) is 6.27. The van der Waals surface area contributed by atoms with Gasteiger partial charge in [-0.2, -0.15) is 0 Å². The summed E-state index contributed by atoms with van der Waals surface area (Å²) in [6.07, 6.45) is 1.45. The SMILES string of the molecule is COc1ccc2c(=O)c(C(=O)c3ccc4ccccc4c3)cn(CC(=O)Nc3ccc(Cl)cc3)c2c1. The highest BCUT2D eigenvalue weighted by Gasteiger charge is 2.19. The van der Waals surface area contributed by atoms with Crippen molar-refractivity contribution in [3.63, 3.8) is 0 Å². The summed E-state index contributed by atoms with van der Waals surface area (Å²) in [4.78, 5) is 39.8. The van der Waals surface area contributed by atoms with Crippen LogP contribution in [0, 0.1) is 0 Å². The minimum absolute atomic E-state index is 0.0118. The number of carbonyl (C=O) groups excluding carboxylic acids is 2. The smallest absolute Gasteiger partial charge is 0.244 e. The lowest BCUT2D eigenvalue weighted by Crippen LogP contribution is -2.24. The van der Waals surface area contributed by atoms with Crippen molar-refractivity contribution in [2.75, 3.05) is 12.4 Å². The van der Waals surface area contributed by atoms with Crippen LogP contribution in [-0.2, 0) is 11.3 Å². The molecule has 0 aliphatic rings. The average molecular weight is 497 g/mol. The van der Waals surface area contributed by atoms with E-state index < -0.39 is 11.2 Å². The number of amides is 1. The maximum absolute atomic E-state index is 13.5. The molecule has 0 aliphatic heterocycles. The molecule has 0 atom stereocenters. The zero-order valence-electron chi connectivity index (χ0n) is 19.3. The Bertz CT molecular complexity index is 1690. The summed E-state index contributed by atoms with van der Waals surface area (Å²) in [5, 5.41) is 5.59. The molecule has 5 rings (SSSR count). The molecule has 0 radical (unpaired) electrons. The van der Waals surface area contributed by atoms with Crippen LogP contribution in [0.5, 0.6) is 5.75 Å². The number of rotatable bonds is 6. The number of halogens is 1. The van der Waals surface area contributed by atoms with E-state index in [1.165, 1.54) is 13.3 Å². The predicted octanol–water partition coefficient (Wildman–Crippen LogP) is 5.69. The van der Waals surface area contributed by atoms with Crippen LogP contribution in [0.25, 0.3) is 21.7 Å². The average Bonchev–Trinajstić information content (AvgIpc) is 2.90. The van der Waals surface area contributed by atoms with E-state index in [4.69, 9.17) is 16.3 Å². The summed E-state index contributed by atoms with van der Waals surface area (Å²) in [5.41, 5.74) is 1.05. The second-order valence-electron chi connectivity index (χ2n) is 8.33. The van der Waals surface area contributed by atoms with E-state index in [9.17, 15) is 14.4 Å². The summed E-state index contributed by atoms with van der Waals surface area (Å²) in [6.45, 7) is -0.120. The molecule has 1 N–H and O–H groups in total. The summed E-state index contributed by atoms with van der Waals surface area (Å²) in [7, 11) is 1.52. The number of nitrogens with zero attached hydrogens (tertiary/aromatic N) is 1. The summed E-state index contributed by atoms with van der Waals surface area (Å²) < 4.78 is 6.92. The molecule has 4 aromatic carbocycles. The van der Waals surface area contributed by atoms with E-state index >= 15 is 0 Å². The van der Waals surface area contributed by atoms with Crippen LogP contribution in [0.1, 0.15) is 15.9 Å². The van der Waals surface area contributed by atoms with Crippen molar-refractivity contribution in [1.82, 2.24) is 4.57 Å². The number of benzene rings is 4. The Hall–Kier alpha value is -4.42. The van der Waals surface area contributed by atoms with Crippen LogP contribution < -0.4 is 15.5 Å². The first kappa shape index (κ1) is 23.3. The minimum Gasteiger partial charge on any atom is -0.497 e. The topological polar surface area (TPSA) is 77.4 Å². The third kappa shape index (κ3) is 4.59. The first-order valence-corrected chi connectivity index (χ1v) is 11.6. The van der Waals surface area contributed by atoms with E-state index in [2.05, 4.69) is 5.32 Å². The maximum atomic E-state index is 13.5. The molecular weight excluding hydrogens is 476 g/mol. The van der Waals surface area contributed by atoms with Gasteiger partial charge in [0.2, 0.25) is 11.3 Å². The van der Waals surface area contributed by atoms with Gasteiger partial charge >= 0.3 is 0 Å². The van der Waals surface area contributed by atoms with E-state index in [-0.39, 0.29) is 18.0 Å². The molecule has 7 heteroatoms. The van der Waals surface area contributed by atoms with Gasteiger partial charge in [0, 0.05) is 33.9 Å². The molecule has 0 fully saturated rings. The third-order valence-electron chi connectivity index (χ3n) is 5.99. The predicted molar refractivity (Wildman–Crippen MR) is 142 cm³/mol. The van der Waals surface area contributed by atoms with Crippen LogP contribution >= 0.6 is 11.6 Å². The number of fused-ring (bicyclic) bond motifs is 2. The molecule has 36 heavy (non-hydrogen) atoms. The number of hydrogen-bond acceptors (Lipinski definition) is 4. The molecular formula is C29H21ClN2O4. The van der Waals surface area contributed by atoms with Gasteiger partial charge < -0.3 is 14.6 Å². The van der Waals surface area contributed by atoms with Crippen molar-refractivity contribution >= 4 is 50.7 Å². The summed E-state index contributed by atoms with van der Waals surface area (Å²) >= 11 is 5.93. The fourth-order valence-electron chi connectivity index (χ4n) is 4.16. The fraction of sp³-hybridized carbons (Fsp3) is 0.0690. The van der Waals surface area contributed by atoms with Crippen molar-refractivity contribution in [3.05, 3.63) is 117 Å². The van der Waals surface area contributed by atoms with Gasteiger partial charge in [-0.3, -0.25) is 14.4 Å². The molecule has 0 saturated carbocycles. The number of methoxy groups -OCH3 is 1. The highest BCUT2D eigenvalue weighted by atomic mass is 35.5. The highest BCUT2D eigenvalue weighted by Crippen LogP contribution is 2.22. The lowest BCUT2D eigenvalue weighted by molar-refractivity contribution is -0.116. The van der Waals surface area contributed by atoms with E-state index in [1.54, 1.807) is 59.2 Å². The lowest BCUT2D eigenvalue weighted by atomic mass is 9.99. The quantitative estimate of drug-likeness (QED) is 0.306. The molecule has 0 spiro atoms. The molecule has 1 amide bonds. The van der Waals surface area contributed by atoms with Gasteiger partial charge in [0.1, 0.15) is 12.3 Å². The molecule has 1 aromatic heterocycles. The van der Waals surface area contributed by atoms with Crippen molar-refractivity contribution in [2.45, 2.75) is 6.54 Å². The van der Waals surface area contributed by atoms with Gasteiger partial charge in [0.15, 0.2) is 5.78 Å². The van der Waals surface area contributed by atoms with Crippen LogP contribution in [-0.4, -0.2) is 23.4 Å². The van der Waals surface area contributed by atoms with Crippen molar-refractivity contribution < 1.29 is 14.3 Å². The Morgan fingerprint density at radius 1 is 0.917 bits per heavy atom. The molecule has 0 bridgehead atoms. The van der Waals surface area contributed by atoms with Crippen LogP contribution in [0.4, 0.5) is 5.69 Å². The highest BCUT2D eigenvalue weighted by molar-refractivity contribution is 6.30.